The second-order valence-electron chi connectivity index (χ2n) is 5.56. The highest BCUT2D eigenvalue weighted by molar-refractivity contribution is 5.76. The zero-order chi connectivity index (χ0) is 13.0. The first-order valence-corrected chi connectivity index (χ1v) is 7.22. The Morgan fingerprint density at radius 1 is 1.28 bits per heavy atom. The lowest BCUT2D eigenvalue weighted by atomic mass is 9.92. The second kappa shape index (κ2) is 6.53. The van der Waals surface area contributed by atoms with Crippen molar-refractivity contribution in [1.29, 1.82) is 0 Å². The number of nitrogens with zero attached hydrogens (tertiary/aromatic N) is 1. The predicted octanol–water partition coefficient (Wildman–Crippen LogP) is 1.56. The van der Waals surface area contributed by atoms with Gasteiger partial charge in [0.05, 0.1) is 13.7 Å². The van der Waals surface area contributed by atoms with Gasteiger partial charge in [-0.1, -0.05) is 19.3 Å². The first kappa shape index (κ1) is 13.8. The Kier molecular flexibility index (Phi) is 5.01. The lowest BCUT2D eigenvalue weighted by molar-refractivity contribution is -0.149. The van der Waals surface area contributed by atoms with Gasteiger partial charge in [-0.2, -0.15) is 0 Å². The second-order valence-corrected chi connectivity index (χ2v) is 5.56. The third-order valence-corrected chi connectivity index (χ3v) is 4.27. The molecule has 18 heavy (non-hydrogen) atoms. The molecule has 0 aromatic rings. The smallest absolute Gasteiger partial charge is 0.323 e. The SMILES string of the molecule is COC(=O)C(C1CC1)N(CCO)C1CCCCC1. The number of rotatable bonds is 6. The fourth-order valence-electron chi connectivity index (χ4n) is 3.21. The van der Waals surface area contributed by atoms with Crippen molar-refractivity contribution in [2.75, 3.05) is 20.3 Å². The van der Waals surface area contributed by atoms with E-state index < -0.39 is 0 Å². The van der Waals surface area contributed by atoms with Gasteiger partial charge in [-0.05, 0) is 31.6 Å². The number of hydrogen-bond donors (Lipinski definition) is 1. The largest absolute Gasteiger partial charge is 0.468 e. The number of carbonyl (C=O) groups is 1. The molecule has 2 aliphatic rings. The molecular formula is C14H25NO3. The summed E-state index contributed by atoms with van der Waals surface area (Å²) < 4.78 is 4.97. The maximum absolute atomic E-state index is 12.0. The predicted molar refractivity (Wildman–Crippen MR) is 69.2 cm³/mol. The highest BCUT2D eigenvalue weighted by Crippen LogP contribution is 2.38. The lowest BCUT2D eigenvalue weighted by Gasteiger charge is -2.38. The topological polar surface area (TPSA) is 49.8 Å². The first-order chi connectivity index (χ1) is 8.77. The summed E-state index contributed by atoms with van der Waals surface area (Å²) in [5.74, 6) is 0.336. The zero-order valence-corrected chi connectivity index (χ0v) is 11.3. The van der Waals surface area contributed by atoms with Crippen molar-refractivity contribution in [1.82, 2.24) is 4.90 Å². The van der Waals surface area contributed by atoms with Crippen LogP contribution in [0.25, 0.3) is 0 Å². The average Bonchev–Trinajstić information content (AvgIpc) is 3.23. The van der Waals surface area contributed by atoms with Crippen LogP contribution in [-0.2, 0) is 9.53 Å². The minimum atomic E-state index is -0.120. The molecule has 104 valence electrons. The molecule has 4 nitrogen and oxygen atoms in total. The van der Waals surface area contributed by atoms with E-state index in [1.54, 1.807) is 0 Å². The molecule has 0 spiro atoms. The van der Waals surface area contributed by atoms with Crippen LogP contribution in [0.4, 0.5) is 0 Å². The fourth-order valence-corrected chi connectivity index (χ4v) is 3.21. The number of ether oxygens (including phenoxy) is 1. The summed E-state index contributed by atoms with van der Waals surface area (Å²) in [5.41, 5.74) is 0. The van der Waals surface area contributed by atoms with E-state index in [4.69, 9.17) is 4.74 Å². The van der Waals surface area contributed by atoms with Crippen LogP contribution >= 0.6 is 0 Å². The summed E-state index contributed by atoms with van der Waals surface area (Å²) in [6, 6.07) is 0.334. The number of aliphatic hydroxyl groups is 1. The van der Waals surface area contributed by atoms with Crippen LogP contribution in [0.2, 0.25) is 0 Å². The highest BCUT2D eigenvalue weighted by atomic mass is 16.5. The molecular weight excluding hydrogens is 230 g/mol. The molecule has 1 N–H and O–H groups in total. The average molecular weight is 255 g/mol. The molecule has 0 saturated heterocycles. The number of hydrogen-bond acceptors (Lipinski definition) is 4. The summed E-state index contributed by atoms with van der Waals surface area (Å²) in [5, 5.41) is 9.28. The Bertz CT molecular complexity index is 272. The lowest BCUT2D eigenvalue weighted by Crippen LogP contribution is -2.50. The minimum Gasteiger partial charge on any atom is -0.468 e. The Balaban J connectivity index is 2.06. The van der Waals surface area contributed by atoms with Crippen molar-refractivity contribution in [2.24, 2.45) is 5.92 Å². The van der Waals surface area contributed by atoms with Crippen molar-refractivity contribution < 1.29 is 14.6 Å². The number of methoxy groups -OCH3 is 1. The summed E-state index contributed by atoms with van der Waals surface area (Å²) in [4.78, 5) is 14.2. The van der Waals surface area contributed by atoms with Gasteiger partial charge in [0.2, 0.25) is 0 Å². The maximum Gasteiger partial charge on any atom is 0.323 e. The highest BCUT2D eigenvalue weighted by Gasteiger charge is 2.43. The van der Waals surface area contributed by atoms with Crippen LogP contribution in [0, 0.1) is 5.92 Å². The van der Waals surface area contributed by atoms with Crippen LogP contribution in [0.5, 0.6) is 0 Å². The Hall–Kier alpha value is -0.610. The van der Waals surface area contributed by atoms with Gasteiger partial charge in [0.15, 0.2) is 0 Å². The third-order valence-electron chi connectivity index (χ3n) is 4.27. The molecule has 0 aromatic carbocycles. The van der Waals surface area contributed by atoms with E-state index in [0.717, 1.165) is 25.7 Å². The van der Waals surface area contributed by atoms with Crippen molar-refractivity contribution >= 4 is 5.97 Å². The molecule has 0 amide bonds. The van der Waals surface area contributed by atoms with E-state index in [1.165, 1.54) is 26.4 Å². The summed E-state index contributed by atoms with van der Waals surface area (Å²) >= 11 is 0. The molecule has 0 aliphatic heterocycles. The van der Waals surface area contributed by atoms with Crippen molar-refractivity contribution in [3.8, 4) is 0 Å². The molecule has 0 bridgehead atoms. The van der Waals surface area contributed by atoms with Gasteiger partial charge in [0.25, 0.3) is 0 Å². The molecule has 1 atom stereocenters. The van der Waals surface area contributed by atoms with Crippen LogP contribution < -0.4 is 0 Å². The van der Waals surface area contributed by atoms with E-state index in [1.807, 2.05) is 0 Å². The molecule has 0 radical (unpaired) electrons. The van der Waals surface area contributed by atoms with Gasteiger partial charge in [-0.25, -0.2) is 0 Å². The maximum atomic E-state index is 12.0. The van der Waals surface area contributed by atoms with Crippen LogP contribution in [0.1, 0.15) is 44.9 Å². The molecule has 0 aromatic heterocycles. The quantitative estimate of drug-likeness (QED) is 0.732. The van der Waals surface area contributed by atoms with Gasteiger partial charge in [-0.3, -0.25) is 9.69 Å². The van der Waals surface area contributed by atoms with Crippen LogP contribution in [-0.4, -0.2) is 48.3 Å². The molecule has 2 saturated carbocycles. The summed E-state index contributed by atoms with van der Waals surface area (Å²) in [6.45, 7) is 0.720. The van der Waals surface area contributed by atoms with Gasteiger partial charge in [0, 0.05) is 12.6 Å². The molecule has 4 heteroatoms. The van der Waals surface area contributed by atoms with E-state index in [-0.39, 0.29) is 18.6 Å². The molecule has 1 unspecified atom stereocenters. The standard InChI is InChI=1S/C14H25NO3/c1-18-14(17)13(11-7-8-11)15(9-10-16)12-5-3-2-4-6-12/h11-13,16H,2-10H2,1H3. The molecule has 0 heterocycles. The Labute approximate surface area is 109 Å². The Morgan fingerprint density at radius 3 is 2.44 bits per heavy atom. The van der Waals surface area contributed by atoms with Crippen LogP contribution in [0.3, 0.4) is 0 Å². The first-order valence-electron chi connectivity index (χ1n) is 7.22. The monoisotopic (exact) mass is 255 g/mol. The van der Waals surface area contributed by atoms with Gasteiger partial charge in [-0.15, -0.1) is 0 Å². The normalized spacial score (nSPS) is 23.1. The Morgan fingerprint density at radius 2 is 1.94 bits per heavy atom. The van der Waals surface area contributed by atoms with Crippen molar-refractivity contribution in [2.45, 2.75) is 57.0 Å². The minimum absolute atomic E-state index is 0.114. The van der Waals surface area contributed by atoms with E-state index in [0.29, 0.717) is 18.5 Å². The number of esters is 1. The number of carbonyl (C=O) groups excluding carboxylic acids is 1. The number of aliphatic hydroxyl groups excluding tert-OH is 1. The summed E-state index contributed by atoms with van der Waals surface area (Å²) in [6.07, 6.45) is 8.33. The van der Waals surface area contributed by atoms with Crippen LogP contribution in [0.15, 0.2) is 0 Å². The van der Waals surface area contributed by atoms with Crippen molar-refractivity contribution in [3.05, 3.63) is 0 Å². The van der Waals surface area contributed by atoms with Gasteiger partial charge in [0.1, 0.15) is 6.04 Å². The van der Waals surface area contributed by atoms with Gasteiger partial charge < -0.3 is 9.84 Å². The van der Waals surface area contributed by atoms with Gasteiger partial charge >= 0.3 is 5.97 Å². The summed E-state index contributed by atoms with van der Waals surface area (Å²) in [7, 11) is 1.47. The molecule has 2 fully saturated rings. The van der Waals surface area contributed by atoms with E-state index in [2.05, 4.69) is 4.90 Å². The molecule has 2 rings (SSSR count). The van der Waals surface area contributed by atoms with E-state index >= 15 is 0 Å². The fraction of sp³-hybridized carbons (Fsp3) is 0.929. The zero-order valence-electron chi connectivity index (χ0n) is 11.3. The third kappa shape index (κ3) is 3.23. The molecule has 2 aliphatic carbocycles. The van der Waals surface area contributed by atoms with E-state index in [9.17, 15) is 9.90 Å². The van der Waals surface area contributed by atoms with Crippen molar-refractivity contribution in [3.63, 3.8) is 0 Å².